The number of hydrogen-bond donors (Lipinski definition) is 1. The van der Waals surface area contributed by atoms with Crippen molar-refractivity contribution in [3.05, 3.63) is 53.6 Å². The minimum absolute atomic E-state index is 0.0856. The van der Waals surface area contributed by atoms with Crippen LogP contribution in [0.15, 0.2) is 46.8 Å². The molecule has 30 heavy (non-hydrogen) atoms. The molecule has 1 fully saturated rings. The monoisotopic (exact) mass is 436 g/mol. The van der Waals surface area contributed by atoms with Gasteiger partial charge in [-0.2, -0.15) is 5.26 Å². The average Bonchev–Trinajstić information content (AvgIpc) is 3.20. The van der Waals surface area contributed by atoms with Crippen LogP contribution in [0.2, 0.25) is 0 Å². The zero-order chi connectivity index (χ0) is 20.9. The number of benzene rings is 2. The number of likely N-dealkylation sites (tertiary alicyclic amines) is 1. The third kappa shape index (κ3) is 4.48. The molecule has 3 aromatic rings. The van der Waals surface area contributed by atoms with Gasteiger partial charge in [-0.1, -0.05) is 23.9 Å². The Morgan fingerprint density at radius 2 is 1.90 bits per heavy atom. The highest BCUT2D eigenvalue weighted by molar-refractivity contribution is 8.01. The Bertz CT molecular complexity index is 1130. The molecule has 1 saturated heterocycles. The van der Waals surface area contributed by atoms with Crippen molar-refractivity contribution in [2.24, 2.45) is 0 Å². The molecule has 0 unspecified atom stereocenters. The molecular formula is C22H20N4O2S2. The second-order valence-electron chi connectivity index (χ2n) is 6.96. The van der Waals surface area contributed by atoms with Crippen molar-refractivity contribution in [1.82, 2.24) is 9.88 Å². The molecule has 0 bridgehead atoms. The fourth-order valence-corrected chi connectivity index (χ4v) is 5.24. The van der Waals surface area contributed by atoms with Crippen LogP contribution in [0.4, 0.5) is 5.69 Å². The Hall–Kier alpha value is -2.89. The summed E-state index contributed by atoms with van der Waals surface area (Å²) in [7, 11) is 0. The van der Waals surface area contributed by atoms with Crippen LogP contribution in [-0.4, -0.2) is 40.5 Å². The number of nitrogens with zero attached hydrogens (tertiary/aromatic N) is 3. The number of rotatable bonds is 5. The van der Waals surface area contributed by atoms with E-state index >= 15 is 0 Å². The Morgan fingerprint density at radius 3 is 2.67 bits per heavy atom. The van der Waals surface area contributed by atoms with Gasteiger partial charge in [0, 0.05) is 18.8 Å². The molecular weight excluding hydrogens is 416 g/mol. The standard InChI is InChI=1S/C22H20N4O2S2/c23-10-13-29-22-25-18-9-8-15(14-19(18)30-22)24-20(27)16-6-2-3-7-17(16)21(28)26-11-4-1-5-12-26/h2-3,6-9,14H,1,4-5,11-13H2,(H,24,27). The van der Waals surface area contributed by atoms with Gasteiger partial charge in [-0.05, 0) is 49.6 Å². The SMILES string of the molecule is N#CCSc1nc2ccc(NC(=O)c3ccccc3C(=O)N3CCCCC3)cc2s1. The number of amides is 2. The molecule has 1 aliphatic heterocycles. The average molecular weight is 437 g/mol. The van der Waals surface area contributed by atoms with Crippen molar-refractivity contribution >= 4 is 50.8 Å². The van der Waals surface area contributed by atoms with Gasteiger partial charge in [-0.15, -0.1) is 11.3 Å². The van der Waals surface area contributed by atoms with E-state index in [9.17, 15) is 9.59 Å². The zero-order valence-electron chi connectivity index (χ0n) is 16.3. The Balaban J connectivity index is 1.54. The van der Waals surface area contributed by atoms with Crippen LogP contribution in [0.3, 0.4) is 0 Å². The molecule has 2 amide bonds. The first-order valence-corrected chi connectivity index (χ1v) is 11.6. The van der Waals surface area contributed by atoms with Crippen LogP contribution in [0.25, 0.3) is 10.2 Å². The smallest absolute Gasteiger partial charge is 0.256 e. The molecule has 1 aliphatic rings. The van der Waals surface area contributed by atoms with Gasteiger partial charge < -0.3 is 10.2 Å². The van der Waals surface area contributed by atoms with Gasteiger partial charge in [0.15, 0.2) is 4.34 Å². The van der Waals surface area contributed by atoms with E-state index < -0.39 is 0 Å². The minimum atomic E-state index is -0.307. The van der Waals surface area contributed by atoms with E-state index in [2.05, 4.69) is 16.4 Å². The van der Waals surface area contributed by atoms with Crippen LogP contribution in [0.5, 0.6) is 0 Å². The maximum absolute atomic E-state index is 13.0. The van der Waals surface area contributed by atoms with Gasteiger partial charge in [-0.25, -0.2) is 4.98 Å². The van der Waals surface area contributed by atoms with Gasteiger partial charge in [0.05, 0.1) is 33.2 Å². The van der Waals surface area contributed by atoms with Crippen molar-refractivity contribution in [2.75, 3.05) is 24.2 Å². The van der Waals surface area contributed by atoms with E-state index in [4.69, 9.17) is 5.26 Å². The number of thioether (sulfide) groups is 1. The lowest BCUT2D eigenvalue weighted by Gasteiger charge is -2.27. The minimum Gasteiger partial charge on any atom is -0.339 e. The Kier molecular flexibility index (Phi) is 6.31. The van der Waals surface area contributed by atoms with Crippen LogP contribution < -0.4 is 5.32 Å². The fourth-order valence-electron chi connectivity index (χ4n) is 3.47. The summed E-state index contributed by atoms with van der Waals surface area (Å²) in [6.07, 6.45) is 3.15. The molecule has 152 valence electrons. The van der Waals surface area contributed by atoms with Gasteiger partial charge in [0.2, 0.25) is 0 Å². The lowest BCUT2D eigenvalue weighted by molar-refractivity contribution is 0.0720. The quantitative estimate of drug-likeness (QED) is 0.581. The van der Waals surface area contributed by atoms with Gasteiger partial charge in [-0.3, -0.25) is 9.59 Å². The van der Waals surface area contributed by atoms with E-state index in [1.165, 1.54) is 23.1 Å². The number of fused-ring (bicyclic) bond motifs is 1. The molecule has 4 rings (SSSR count). The van der Waals surface area contributed by atoms with Crippen LogP contribution in [0, 0.1) is 11.3 Å². The zero-order valence-corrected chi connectivity index (χ0v) is 17.9. The highest BCUT2D eigenvalue weighted by Crippen LogP contribution is 2.31. The maximum Gasteiger partial charge on any atom is 0.256 e. The topological polar surface area (TPSA) is 86.1 Å². The van der Waals surface area contributed by atoms with Crippen molar-refractivity contribution in [2.45, 2.75) is 23.6 Å². The number of carbonyl (C=O) groups is 2. The molecule has 0 aliphatic carbocycles. The molecule has 0 radical (unpaired) electrons. The van der Waals surface area contributed by atoms with Crippen molar-refractivity contribution in [3.63, 3.8) is 0 Å². The van der Waals surface area contributed by atoms with Crippen LogP contribution >= 0.6 is 23.1 Å². The van der Waals surface area contributed by atoms with Crippen LogP contribution in [0.1, 0.15) is 40.0 Å². The molecule has 1 N–H and O–H groups in total. The summed E-state index contributed by atoms with van der Waals surface area (Å²) in [6.45, 7) is 1.48. The van der Waals surface area contributed by atoms with Gasteiger partial charge in [0.25, 0.3) is 11.8 Å². The van der Waals surface area contributed by atoms with E-state index in [1.807, 2.05) is 17.0 Å². The third-order valence-corrected chi connectivity index (χ3v) is 6.96. The summed E-state index contributed by atoms with van der Waals surface area (Å²) >= 11 is 2.89. The number of thiazole rings is 1. The molecule has 1 aromatic heterocycles. The number of nitrogens with one attached hydrogen (secondary N) is 1. The molecule has 2 aromatic carbocycles. The maximum atomic E-state index is 13.0. The predicted molar refractivity (Wildman–Crippen MR) is 120 cm³/mol. The van der Waals surface area contributed by atoms with Crippen LogP contribution in [-0.2, 0) is 0 Å². The largest absolute Gasteiger partial charge is 0.339 e. The van der Waals surface area contributed by atoms with Gasteiger partial charge in [0.1, 0.15) is 0 Å². The first-order valence-electron chi connectivity index (χ1n) is 9.76. The lowest BCUT2D eigenvalue weighted by atomic mass is 10.0. The van der Waals surface area contributed by atoms with Gasteiger partial charge >= 0.3 is 0 Å². The van der Waals surface area contributed by atoms with E-state index in [1.54, 1.807) is 30.3 Å². The third-order valence-electron chi connectivity index (χ3n) is 4.93. The number of anilines is 1. The summed E-state index contributed by atoms with van der Waals surface area (Å²) in [5.41, 5.74) is 2.29. The number of aromatic nitrogens is 1. The molecule has 2 heterocycles. The number of carbonyl (C=O) groups excluding carboxylic acids is 2. The fraction of sp³-hybridized carbons (Fsp3) is 0.273. The molecule has 0 spiro atoms. The Morgan fingerprint density at radius 1 is 1.13 bits per heavy atom. The summed E-state index contributed by atoms with van der Waals surface area (Å²) < 4.78 is 1.76. The second kappa shape index (κ2) is 9.28. The van der Waals surface area contributed by atoms with E-state index in [0.29, 0.717) is 22.6 Å². The number of piperidine rings is 1. The summed E-state index contributed by atoms with van der Waals surface area (Å²) in [6, 6.07) is 14.6. The normalized spacial score (nSPS) is 13.8. The Labute approximate surface area is 182 Å². The lowest BCUT2D eigenvalue weighted by Crippen LogP contribution is -2.36. The second-order valence-corrected chi connectivity index (χ2v) is 9.21. The molecule has 8 heteroatoms. The van der Waals surface area contributed by atoms with E-state index in [-0.39, 0.29) is 11.8 Å². The highest BCUT2D eigenvalue weighted by atomic mass is 32.2. The summed E-state index contributed by atoms with van der Waals surface area (Å²) in [5.74, 6) is -0.0398. The molecule has 0 saturated carbocycles. The highest BCUT2D eigenvalue weighted by Gasteiger charge is 2.23. The first-order chi connectivity index (χ1) is 14.7. The number of nitriles is 1. The van der Waals surface area contributed by atoms with Crippen molar-refractivity contribution < 1.29 is 9.59 Å². The summed E-state index contributed by atoms with van der Waals surface area (Å²) in [4.78, 5) is 32.2. The van der Waals surface area contributed by atoms with Crippen molar-refractivity contribution in [1.29, 1.82) is 5.26 Å². The molecule has 0 atom stereocenters. The summed E-state index contributed by atoms with van der Waals surface area (Å²) in [5, 5.41) is 11.6. The number of hydrogen-bond acceptors (Lipinski definition) is 6. The van der Waals surface area contributed by atoms with Crippen molar-refractivity contribution in [3.8, 4) is 6.07 Å². The first kappa shape index (κ1) is 20.4. The predicted octanol–water partition coefficient (Wildman–Crippen LogP) is 4.79. The van der Waals surface area contributed by atoms with E-state index in [0.717, 1.165) is 46.9 Å². The molecule has 6 nitrogen and oxygen atoms in total.